The zero-order chi connectivity index (χ0) is 23.8. The summed E-state index contributed by atoms with van der Waals surface area (Å²) in [4.78, 5) is 51.5. The van der Waals surface area contributed by atoms with Crippen molar-refractivity contribution in [2.75, 3.05) is 6.54 Å². The number of nitrogens with one attached hydrogen (secondary N) is 3. The number of amides is 2. The Balaban J connectivity index is 1.39. The number of carbonyl (C=O) groups is 2. The van der Waals surface area contributed by atoms with Crippen molar-refractivity contribution in [3.8, 4) is 0 Å². The second-order valence-electron chi connectivity index (χ2n) is 8.34. The number of carbonyl (C=O) groups excluding carboxylic acids is 2. The van der Waals surface area contributed by atoms with Gasteiger partial charge in [-0.05, 0) is 35.7 Å². The van der Waals surface area contributed by atoms with E-state index in [-0.39, 0.29) is 41.2 Å². The van der Waals surface area contributed by atoms with Crippen molar-refractivity contribution in [1.29, 1.82) is 0 Å². The summed E-state index contributed by atoms with van der Waals surface area (Å²) in [6, 6.07) is 13.6. The van der Waals surface area contributed by atoms with Crippen LogP contribution in [-0.4, -0.2) is 49.3 Å². The lowest BCUT2D eigenvalue weighted by Crippen LogP contribution is -2.50. The molecule has 0 saturated heterocycles. The zero-order valence-corrected chi connectivity index (χ0v) is 18.4. The molecule has 3 N–H and O–H groups in total. The molecule has 3 heterocycles. The minimum Gasteiger partial charge on any atom is -0.350 e. The van der Waals surface area contributed by atoms with Crippen LogP contribution in [0.2, 0.25) is 0 Å². The van der Waals surface area contributed by atoms with Gasteiger partial charge in [0, 0.05) is 37.2 Å². The molecule has 0 fully saturated rings. The van der Waals surface area contributed by atoms with E-state index in [1.54, 1.807) is 30.1 Å². The number of hydrogen-bond donors (Lipinski definition) is 3. The van der Waals surface area contributed by atoms with Crippen LogP contribution in [0.4, 0.5) is 0 Å². The van der Waals surface area contributed by atoms with Crippen LogP contribution in [0.25, 0.3) is 10.8 Å². The lowest BCUT2D eigenvalue weighted by molar-refractivity contribution is 0.0617. The number of nitrogens with zero attached hydrogens (tertiary/aromatic N) is 3. The Hall–Kier alpha value is -4.47. The fraction of sp³-hybridized carbons (Fsp3) is 0.208. The minimum atomic E-state index is -0.349. The fourth-order valence-electron chi connectivity index (χ4n) is 4.39. The van der Waals surface area contributed by atoms with Crippen LogP contribution in [0, 0.1) is 0 Å². The number of fused-ring (bicyclic) bond motifs is 2. The van der Waals surface area contributed by atoms with Gasteiger partial charge in [-0.3, -0.25) is 29.0 Å². The van der Waals surface area contributed by atoms with E-state index in [2.05, 4.69) is 20.6 Å². The summed E-state index contributed by atoms with van der Waals surface area (Å²) in [5.74, 6) is -0.604. The van der Waals surface area contributed by atoms with Gasteiger partial charge < -0.3 is 10.2 Å². The van der Waals surface area contributed by atoms with Crippen molar-refractivity contribution in [1.82, 2.24) is 30.2 Å². The Morgan fingerprint density at radius 2 is 1.91 bits per heavy atom. The zero-order valence-electron chi connectivity index (χ0n) is 18.4. The molecule has 0 spiro atoms. The van der Waals surface area contributed by atoms with Gasteiger partial charge in [-0.2, -0.15) is 5.10 Å². The number of aromatic nitrogens is 4. The van der Waals surface area contributed by atoms with E-state index in [9.17, 15) is 19.2 Å². The smallest absolute Gasteiger partial charge is 0.272 e. The molecule has 4 aromatic rings. The van der Waals surface area contributed by atoms with Crippen LogP contribution in [-0.2, 0) is 20.0 Å². The van der Waals surface area contributed by atoms with E-state index in [1.807, 2.05) is 24.3 Å². The van der Waals surface area contributed by atoms with Gasteiger partial charge in [0.2, 0.25) is 0 Å². The molecular formula is C24H22N6O4. The molecule has 1 aliphatic heterocycles. The molecule has 0 radical (unpaired) electrons. The summed E-state index contributed by atoms with van der Waals surface area (Å²) in [7, 11) is 1.61. The Morgan fingerprint density at radius 1 is 1.12 bits per heavy atom. The molecule has 0 saturated carbocycles. The maximum atomic E-state index is 13.3. The highest BCUT2D eigenvalue weighted by atomic mass is 16.2. The average Bonchev–Trinajstić information content (AvgIpc) is 3.19. The van der Waals surface area contributed by atoms with E-state index in [0.717, 1.165) is 11.1 Å². The van der Waals surface area contributed by atoms with Crippen molar-refractivity contribution in [3.63, 3.8) is 0 Å². The largest absolute Gasteiger partial charge is 0.350 e. The topological polar surface area (TPSA) is 133 Å². The molecule has 1 aliphatic rings. The maximum absolute atomic E-state index is 13.3. The van der Waals surface area contributed by atoms with E-state index in [1.165, 1.54) is 16.9 Å². The van der Waals surface area contributed by atoms with Crippen molar-refractivity contribution >= 4 is 22.6 Å². The first-order valence-electron chi connectivity index (χ1n) is 10.8. The Labute approximate surface area is 193 Å². The molecule has 0 bridgehead atoms. The van der Waals surface area contributed by atoms with E-state index < -0.39 is 0 Å². The summed E-state index contributed by atoms with van der Waals surface area (Å²) in [5, 5.41) is 12.6. The Bertz CT molecular complexity index is 1530. The molecule has 10 heteroatoms. The first-order valence-corrected chi connectivity index (χ1v) is 10.8. The molecule has 2 aromatic carbocycles. The van der Waals surface area contributed by atoms with Crippen LogP contribution >= 0.6 is 0 Å². The Kier molecular flexibility index (Phi) is 5.33. The van der Waals surface area contributed by atoms with Crippen molar-refractivity contribution in [2.45, 2.75) is 19.0 Å². The number of rotatable bonds is 4. The summed E-state index contributed by atoms with van der Waals surface area (Å²) in [5.41, 5.74) is 2.13. The molecule has 5 rings (SSSR count). The molecule has 10 nitrogen and oxygen atoms in total. The predicted octanol–water partition coefficient (Wildman–Crippen LogP) is 0.947. The van der Waals surface area contributed by atoms with E-state index >= 15 is 0 Å². The van der Waals surface area contributed by atoms with Gasteiger partial charge >= 0.3 is 0 Å². The van der Waals surface area contributed by atoms with E-state index in [4.69, 9.17) is 0 Å². The quantitative estimate of drug-likeness (QED) is 0.419. The average molecular weight is 458 g/mol. The highest BCUT2D eigenvalue weighted by Crippen LogP contribution is 2.24. The first-order chi connectivity index (χ1) is 16.4. The molecule has 0 aliphatic carbocycles. The third-order valence-corrected chi connectivity index (χ3v) is 6.17. The molecular weight excluding hydrogens is 436 g/mol. The van der Waals surface area contributed by atoms with Gasteiger partial charge in [-0.1, -0.05) is 24.3 Å². The van der Waals surface area contributed by atoms with Crippen LogP contribution in [0.5, 0.6) is 0 Å². The summed E-state index contributed by atoms with van der Waals surface area (Å²) in [6.45, 7) is 0.599. The van der Waals surface area contributed by atoms with E-state index in [0.29, 0.717) is 29.3 Å². The SMILES string of the molecule is Cn1[nH]c(=O)cc1C(=O)N1Cc2ccccc2CC1CNC(=O)c1ccc2c(=O)[nH]ncc2c1. The minimum absolute atomic E-state index is 0.225. The van der Waals surface area contributed by atoms with Crippen LogP contribution in [0.15, 0.2) is 64.3 Å². The number of H-pyrrole nitrogens is 2. The van der Waals surface area contributed by atoms with Gasteiger partial charge in [0.1, 0.15) is 5.69 Å². The predicted molar refractivity (Wildman–Crippen MR) is 125 cm³/mol. The fourth-order valence-corrected chi connectivity index (χ4v) is 4.39. The number of aromatic amines is 2. The Morgan fingerprint density at radius 3 is 2.68 bits per heavy atom. The highest BCUT2D eigenvalue weighted by molar-refractivity contribution is 5.98. The van der Waals surface area contributed by atoms with Gasteiger partial charge in [-0.25, -0.2) is 5.10 Å². The van der Waals surface area contributed by atoms with Gasteiger partial charge in [0.05, 0.1) is 17.6 Å². The monoisotopic (exact) mass is 458 g/mol. The highest BCUT2D eigenvalue weighted by Gasteiger charge is 2.32. The lowest BCUT2D eigenvalue weighted by Gasteiger charge is -2.37. The standard InChI is InChI=1S/C24H22N6O4/c1-29-20(10-21(31)28-29)24(34)30-13-16-5-3-2-4-14(16)9-18(30)12-25-22(32)15-6-7-19-17(8-15)11-26-27-23(19)33/h2-8,10-11,18H,9,12-13H2,1H3,(H,25,32)(H,27,33)(H,28,31). The van der Waals surface area contributed by atoms with Gasteiger partial charge in [-0.15, -0.1) is 0 Å². The lowest BCUT2D eigenvalue weighted by atomic mass is 9.93. The van der Waals surface area contributed by atoms with Gasteiger partial charge in [0.25, 0.3) is 22.9 Å². The van der Waals surface area contributed by atoms with Gasteiger partial charge in [0.15, 0.2) is 0 Å². The molecule has 172 valence electrons. The maximum Gasteiger partial charge on any atom is 0.272 e. The van der Waals surface area contributed by atoms with Crippen LogP contribution in [0.1, 0.15) is 32.0 Å². The number of hydrogen-bond acceptors (Lipinski definition) is 5. The van der Waals surface area contributed by atoms with Crippen LogP contribution in [0.3, 0.4) is 0 Å². The molecule has 1 unspecified atom stereocenters. The third-order valence-electron chi connectivity index (χ3n) is 6.17. The second-order valence-corrected chi connectivity index (χ2v) is 8.34. The molecule has 1 atom stereocenters. The third kappa shape index (κ3) is 3.90. The number of aryl methyl sites for hydroxylation is 1. The molecule has 2 aromatic heterocycles. The summed E-state index contributed by atoms with van der Waals surface area (Å²) in [6.07, 6.45) is 2.06. The van der Waals surface area contributed by atoms with Crippen molar-refractivity contribution < 1.29 is 9.59 Å². The van der Waals surface area contributed by atoms with Crippen molar-refractivity contribution in [3.05, 3.63) is 97.8 Å². The van der Waals surface area contributed by atoms with Crippen molar-refractivity contribution in [2.24, 2.45) is 7.05 Å². The molecule has 2 amide bonds. The first kappa shape index (κ1) is 21.4. The number of benzene rings is 2. The molecule has 34 heavy (non-hydrogen) atoms. The van der Waals surface area contributed by atoms with Crippen LogP contribution < -0.4 is 16.4 Å². The summed E-state index contributed by atoms with van der Waals surface area (Å²) >= 11 is 0. The normalized spacial score (nSPS) is 15.2. The summed E-state index contributed by atoms with van der Waals surface area (Å²) < 4.78 is 1.41. The second kappa shape index (κ2) is 8.47.